The number of carboxylic acid groups (broad SMARTS) is 1. The normalized spacial score (nSPS) is 10.7. The number of rotatable bonds is 4. The maximum absolute atomic E-state index is 12.6. The molecular formula is C19H12Cl3NO3S. The van der Waals surface area contributed by atoms with Crippen molar-refractivity contribution in [3.63, 3.8) is 0 Å². The number of carbonyl (C=O) groups excluding carboxylic acids is 1. The minimum Gasteiger partial charge on any atom is -0.478 e. The third-order valence-electron chi connectivity index (χ3n) is 3.82. The molecule has 0 saturated heterocycles. The number of carboxylic acids is 1. The summed E-state index contributed by atoms with van der Waals surface area (Å²) in [6, 6.07) is 9.82. The van der Waals surface area contributed by atoms with Gasteiger partial charge in [0, 0.05) is 26.6 Å². The summed E-state index contributed by atoms with van der Waals surface area (Å²) < 4.78 is 0. The molecule has 0 atom stereocenters. The summed E-state index contributed by atoms with van der Waals surface area (Å²) in [6.45, 7) is 1.86. The van der Waals surface area contributed by atoms with Crippen molar-refractivity contribution in [2.45, 2.75) is 6.92 Å². The molecule has 0 aliphatic carbocycles. The Morgan fingerprint density at radius 3 is 2.37 bits per heavy atom. The van der Waals surface area contributed by atoms with Gasteiger partial charge in [0.25, 0.3) is 5.91 Å². The molecule has 0 fully saturated rings. The van der Waals surface area contributed by atoms with Crippen molar-refractivity contribution in [3.8, 4) is 11.1 Å². The summed E-state index contributed by atoms with van der Waals surface area (Å²) in [5, 5.41) is 15.2. The summed E-state index contributed by atoms with van der Waals surface area (Å²) in [5.41, 5.74) is 2.06. The van der Waals surface area contributed by atoms with Crippen molar-refractivity contribution in [1.29, 1.82) is 0 Å². The predicted molar refractivity (Wildman–Crippen MR) is 111 cm³/mol. The first-order valence-corrected chi connectivity index (χ1v) is 9.67. The van der Waals surface area contributed by atoms with Crippen LogP contribution in [-0.4, -0.2) is 17.0 Å². The lowest BCUT2D eigenvalue weighted by atomic mass is 10.0. The van der Waals surface area contributed by atoms with Crippen LogP contribution in [-0.2, 0) is 0 Å². The molecule has 0 aliphatic rings. The standard InChI is InChI=1S/C19H12Cl3NO3S/c1-9-2-4-12(14(21)6-9)17(24)23-18-16(19(25)26)13(8-27-18)11-5-3-10(20)7-15(11)22/h2-8H,1H3,(H,23,24)(H,25,26). The Kier molecular flexibility index (Phi) is 5.77. The average molecular weight is 441 g/mol. The fourth-order valence-corrected chi connectivity index (χ4v) is 4.32. The van der Waals surface area contributed by atoms with Crippen LogP contribution in [0.15, 0.2) is 41.8 Å². The van der Waals surface area contributed by atoms with E-state index in [0.717, 1.165) is 16.9 Å². The zero-order valence-corrected chi connectivity index (χ0v) is 16.9. The molecule has 27 heavy (non-hydrogen) atoms. The minimum absolute atomic E-state index is 0.0409. The SMILES string of the molecule is Cc1ccc(C(=O)Nc2scc(-c3ccc(Cl)cc3Cl)c2C(=O)O)c(Cl)c1. The Morgan fingerprint density at radius 1 is 1.00 bits per heavy atom. The number of halogens is 3. The van der Waals surface area contributed by atoms with Crippen LogP contribution >= 0.6 is 46.1 Å². The topological polar surface area (TPSA) is 66.4 Å². The van der Waals surface area contributed by atoms with E-state index in [2.05, 4.69) is 5.32 Å². The Balaban J connectivity index is 2.01. The maximum Gasteiger partial charge on any atom is 0.339 e. The zero-order chi connectivity index (χ0) is 19.7. The van der Waals surface area contributed by atoms with Crippen molar-refractivity contribution >= 4 is 63.0 Å². The van der Waals surface area contributed by atoms with Gasteiger partial charge in [-0.3, -0.25) is 4.79 Å². The summed E-state index contributed by atoms with van der Waals surface area (Å²) in [4.78, 5) is 24.4. The van der Waals surface area contributed by atoms with Crippen molar-refractivity contribution in [3.05, 3.63) is 73.5 Å². The molecule has 0 spiro atoms. The molecule has 2 N–H and O–H groups in total. The third kappa shape index (κ3) is 4.12. The first-order chi connectivity index (χ1) is 12.8. The van der Waals surface area contributed by atoms with Gasteiger partial charge in [-0.05, 0) is 36.8 Å². The number of amides is 1. The molecule has 3 aromatic rings. The van der Waals surface area contributed by atoms with Gasteiger partial charge in [-0.2, -0.15) is 0 Å². The number of thiophene rings is 1. The molecule has 1 aromatic heterocycles. The van der Waals surface area contributed by atoms with Crippen molar-refractivity contribution < 1.29 is 14.7 Å². The van der Waals surface area contributed by atoms with Crippen LogP contribution in [0, 0.1) is 6.92 Å². The molecule has 3 rings (SSSR count). The van der Waals surface area contributed by atoms with E-state index in [9.17, 15) is 14.7 Å². The molecular weight excluding hydrogens is 429 g/mol. The highest BCUT2D eigenvalue weighted by Crippen LogP contribution is 2.39. The number of benzene rings is 2. The van der Waals surface area contributed by atoms with Crippen LogP contribution in [0.2, 0.25) is 15.1 Å². The average Bonchev–Trinajstić information content (AvgIpc) is 2.98. The number of hydrogen-bond donors (Lipinski definition) is 2. The van der Waals surface area contributed by atoms with Crippen LogP contribution in [0.1, 0.15) is 26.3 Å². The number of hydrogen-bond acceptors (Lipinski definition) is 3. The van der Waals surface area contributed by atoms with Gasteiger partial charge in [-0.1, -0.05) is 46.9 Å². The molecule has 0 unspecified atom stereocenters. The third-order valence-corrected chi connectivity index (χ3v) is 5.58. The van der Waals surface area contributed by atoms with Crippen molar-refractivity contribution in [1.82, 2.24) is 0 Å². The Hall–Kier alpha value is -2.05. The highest BCUT2D eigenvalue weighted by molar-refractivity contribution is 7.15. The van der Waals surface area contributed by atoms with Gasteiger partial charge in [0.1, 0.15) is 10.6 Å². The largest absolute Gasteiger partial charge is 0.478 e. The van der Waals surface area contributed by atoms with E-state index in [1.54, 1.807) is 35.7 Å². The second-order valence-corrected chi connectivity index (χ2v) is 7.85. The van der Waals surface area contributed by atoms with E-state index in [1.165, 1.54) is 6.07 Å². The number of carbonyl (C=O) groups is 2. The van der Waals surface area contributed by atoms with Crippen molar-refractivity contribution in [2.24, 2.45) is 0 Å². The van der Waals surface area contributed by atoms with Crippen molar-refractivity contribution in [2.75, 3.05) is 5.32 Å². The lowest BCUT2D eigenvalue weighted by Crippen LogP contribution is -2.14. The Morgan fingerprint density at radius 2 is 1.74 bits per heavy atom. The van der Waals surface area contributed by atoms with Gasteiger partial charge in [-0.25, -0.2) is 4.79 Å². The number of anilines is 1. The molecule has 1 heterocycles. The number of aryl methyl sites for hydroxylation is 1. The van der Waals surface area contributed by atoms with E-state index in [-0.39, 0.29) is 16.1 Å². The minimum atomic E-state index is -1.18. The maximum atomic E-state index is 12.6. The van der Waals surface area contributed by atoms with E-state index in [4.69, 9.17) is 34.8 Å². The highest BCUT2D eigenvalue weighted by atomic mass is 35.5. The fourth-order valence-electron chi connectivity index (χ4n) is 2.54. The van der Waals surface area contributed by atoms with Gasteiger partial charge < -0.3 is 10.4 Å². The molecule has 0 aliphatic heterocycles. The van der Waals surface area contributed by atoms with Gasteiger partial charge >= 0.3 is 5.97 Å². The number of aromatic carboxylic acids is 1. The molecule has 0 bridgehead atoms. The highest BCUT2D eigenvalue weighted by Gasteiger charge is 2.23. The van der Waals surface area contributed by atoms with E-state index >= 15 is 0 Å². The first kappa shape index (κ1) is 19.7. The Bertz CT molecular complexity index is 1060. The quantitative estimate of drug-likeness (QED) is 0.478. The van der Waals surface area contributed by atoms with Gasteiger partial charge in [0.2, 0.25) is 0 Å². The second kappa shape index (κ2) is 7.90. The summed E-state index contributed by atoms with van der Waals surface area (Å²) in [5.74, 6) is -1.67. The fraction of sp³-hybridized carbons (Fsp3) is 0.0526. The molecule has 1 amide bonds. The molecule has 4 nitrogen and oxygen atoms in total. The van der Waals surface area contributed by atoms with Crippen LogP contribution in [0.4, 0.5) is 5.00 Å². The van der Waals surface area contributed by atoms with Gasteiger partial charge in [0.15, 0.2) is 0 Å². The molecule has 0 saturated carbocycles. The number of nitrogens with one attached hydrogen (secondary N) is 1. The summed E-state index contributed by atoms with van der Waals surface area (Å²) >= 11 is 19.3. The van der Waals surface area contributed by atoms with Gasteiger partial charge in [0.05, 0.1) is 10.6 Å². The van der Waals surface area contributed by atoms with Crippen LogP contribution in [0.3, 0.4) is 0 Å². The molecule has 8 heteroatoms. The van der Waals surface area contributed by atoms with Gasteiger partial charge in [-0.15, -0.1) is 11.3 Å². The Labute approximate surface area is 174 Å². The van der Waals surface area contributed by atoms with Crippen LogP contribution < -0.4 is 5.32 Å². The predicted octanol–water partition coefficient (Wildman–Crippen LogP) is 6.63. The van der Waals surface area contributed by atoms with Crippen LogP contribution in [0.5, 0.6) is 0 Å². The zero-order valence-electron chi connectivity index (χ0n) is 13.8. The van der Waals surface area contributed by atoms with E-state index in [1.807, 2.05) is 6.92 Å². The smallest absolute Gasteiger partial charge is 0.339 e. The molecule has 138 valence electrons. The molecule has 2 aromatic carbocycles. The monoisotopic (exact) mass is 439 g/mol. The first-order valence-electron chi connectivity index (χ1n) is 7.65. The van der Waals surface area contributed by atoms with Crippen LogP contribution in [0.25, 0.3) is 11.1 Å². The van der Waals surface area contributed by atoms with E-state index in [0.29, 0.717) is 26.2 Å². The lowest BCUT2D eigenvalue weighted by molar-refractivity contribution is 0.0699. The molecule has 0 radical (unpaired) electrons. The van der Waals surface area contributed by atoms with E-state index < -0.39 is 11.9 Å². The second-order valence-electron chi connectivity index (χ2n) is 5.72. The lowest BCUT2D eigenvalue weighted by Gasteiger charge is -2.08. The summed E-state index contributed by atoms with van der Waals surface area (Å²) in [6.07, 6.45) is 0. The summed E-state index contributed by atoms with van der Waals surface area (Å²) in [7, 11) is 0.